The Labute approximate surface area is 113 Å². The average Bonchev–Trinajstić information content (AvgIpc) is 2.89. The Hall–Kier alpha value is -0.0800. The maximum absolute atomic E-state index is 3.62. The minimum atomic E-state index is 0.910. The van der Waals surface area contributed by atoms with Gasteiger partial charge in [0.2, 0.25) is 0 Å². The molecule has 104 valence electrons. The van der Waals surface area contributed by atoms with Crippen LogP contribution >= 0.6 is 0 Å². The zero-order valence-corrected chi connectivity index (χ0v) is 12.0. The summed E-state index contributed by atoms with van der Waals surface area (Å²) in [5.74, 6) is 1.91. The van der Waals surface area contributed by atoms with E-state index in [1.54, 1.807) is 0 Å². The van der Waals surface area contributed by atoms with Crippen LogP contribution in [0.5, 0.6) is 0 Å². The summed E-state index contributed by atoms with van der Waals surface area (Å²) in [5, 5.41) is 3.62. The van der Waals surface area contributed by atoms with E-state index in [2.05, 4.69) is 17.1 Å². The average molecular weight is 250 g/mol. The van der Waals surface area contributed by atoms with Crippen LogP contribution in [-0.2, 0) is 0 Å². The Balaban J connectivity index is 1.62. The van der Waals surface area contributed by atoms with E-state index in [4.69, 9.17) is 0 Å². The van der Waals surface area contributed by atoms with E-state index >= 15 is 0 Å². The Morgan fingerprint density at radius 3 is 2.72 bits per heavy atom. The molecular formula is C16H30N2. The lowest BCUT2D eigenvalue weighted by atomic mass is 9.84. The topological polar surface area (TPSA) is 15.3 Å². The number of likely N-dealkylation sites (tertiary alicyclic amines) is 1. The first kappa shape index (κ1) is 12.9. The van der Waals surface area contributed by atoms with Gasteiger partial charge in [0.05, 0.1) is 0 Å². The van der Waals surface area contributed by atoms with Crippen molar-refractivity contribution in [2.45, 2.75) is 70.4 Å². The predicted octanol–water partition coefficient (Wildman–Crippen LogP) is 3.03. The summed E-state index contributed by atoms with van der Waals surface area (Å²) in [4.78, 5) is 2.92. The van der Waals surface area contributed by atoms with Gasteiger partial charge < -0.3 is 5.32 Å². The van der Waals surface area contributed by atoms with Crippen LogP contribution in [0.3, 0.4) is 0 Å². The fourth-order valence-electron chi connectivity index (χ4n) is 4.69. The number of nitrogens with one attached hydrogen (secondary N) is 1. The molecule has 2 heterocycles. The molecule has 4 unspecified atom stereocenters. The first-order valence-corrected chi connectivity index (χ1v) is 8.31. The van der Waals surface area contributed by atoms with Crippen molar-refractivity contribution in [1.29, 1.82) is 0 Å². The zero-order chi connectivity index (χ0) is 12.4. The van der Waals surface area contributed by atoms with Crippen LogP contribution in [0.1, 0.15) is 58.3 Å². The lowest BCUT2D eigenvalue weighted by molar-refractivity contribution is 0.0832. The molecule has 0 radical (unpaired) electrons. The van der Waals surface area contributed by atoms with Crippen LogP contribution in [0.4, 0.5) is 0 Å². The van der Waals surface area contributed by atoms with Gasteiger partial charge in [0, 0.05) is 12.1 Å². The summed E-state index contributed by atoms with van der Waals surface area (Å²) in [5.41, 5.74) is 0. The van der Waals surface area contributed by atoms with Crippen molar-refractivity contribution in [3.63, 3.8) is 0 Å². The summed E-state index contributed by atoms with van der Waals surface area (Å²) >= 11 is 0. The van der Waals surface area contributed by atoms with Gasteiger partial charge in [-0.3, -0.25) is 4.90 Å². The Morgan fingerprint density at radius 1 is 1.00 bits per heavy atom. The maximum Gasteiger partial charge on any atom is 0.0139 e. The molecule has 1 N–H and O–H groups in total. The molecule has 0 spiro atoms. The summed E-state index contributed by atoms with van der Waals surface area (Å²) in [7, 11) is 0. The van der Waals surface area contributed by atoms with E-state index in [0.29, 0.717) is 0 Å². The second-order valence-corrected chi connectivity index (χ2v) is 6.98. The third kappa shape index (κ3) is 2.75. The standard InChI is InChI=1S/C16H30N2/c1-13-5-2-7-15(11-13)18-10-4-8-16(18)14-6-3-9-17-12-14/h13-17H,2-12H2,1H3. The lowest BCUT2D eigenvalue weighted by Gasteiger charge is -2.41. The fourth-order valence-corrected chi connectivity index (χ4v) is 4.69. The van der Waals surface area contributed by atoms with Gasteiger partial charge in [0.15, 0.2) is 0 Å². The summed E-state index contributed by atoms with van der Waals surface area (Å²) in [6.45, 7) is 6.38. The molecule has 0 aromatic rings. The molecule has 3 aliphatic rings. The van der Waals surface area contributed by atoms with Gasteiger partial charge in [-0.2, -0.15) is 0 Å². The minimum Gasteiger partial charge on any atom is -0.316 e. The Kier molecular flexibility index (Phi) is 4.25. The van der Waals surface area contributed by atoms with Crippen molar-refractivity contribution in [1.82, 2.24) is 10.2 Å². The zero-order valence-electron chi connectivity index (χ0n) is 12.0. The third-order valence-electron chi connectivity index (χ3n) is 5.60. The molecule has 18 heavy (non-hydrogen) atoms. The maximum atomic E-state index is 3.62. The predicted molar refractivity (Wildman–Crippen MR) is 76.7 cm³/mol. The van der Waals surface area contributed by atoms with E-state index in [1.807, 2.05) is 0 Å². The number of hydrogen-bond donors (Lipinski definition) is 1. The number of rotatable bonds is 2. The summed E-state index contributed by atoms with van der Waals surface area (Å²) < 4.78 is 0. The van der Waals surface area contributed by atoms with E-state index in [9.17, 15) is 0 Å². The molecule has 4 atom stereocenters. The molecular weight excluding hydrogens is 220 g/mol. The van der Waals surface area contributed by atoms with Gasteiger partial charge in [-0.05, 0) is 70.0 Å². The van der Waals surface area contributed by atoms with E-state index in [-0.39, 0.29) is 0 Å². The van der Waals surface area contributed by atoms with Gasteiger partial charge in [-0.1, -0.05) is 19.8 Å². The Bertz CT molecular complexity index is 260. The molecule has 3 rings (SSSR count). The van der Waals surface area contributed by atoms with E-state index < -0.39 is 0 Å². The van der Waals surface area contributed by atoms with Gasteiger partial charge in [0.1, 0.15) is 0 Å². The number of nitrogens with zero attached hydrogens (tertiary/aromatic N) is 1. The molecule has 0 amide bonds. The Morgan fingerprint density at radius 2 is 1.94 bits per heavy atom. The van der Waals surface area contributed by atoms with Crippen molar-refractivity contribution in [2.75, 3.05) is 19.6 Å². The van der Waals surface area contributed by atoms with Crippen LogP contribution in [0.2, 0.25) is 0 Å². The second-order valence-electron chi connectivity index (χ2n) is 6.98. The quantitative estimate of drug-likeness (QED) is 0.810. The molecule has 0 bridgehead atoms. The van der Waals surface area contributed by atoms with Crippen molar-refractivity contribution in [3.05, 3.63) is 0 Å². The van der Waals surface area contributed by atoms with Crippen LogP contribution in [0.25, 0.3) is 0 Å². The molecule has 2 nitrogen and oxygen atoms in total. The van der Waals surface area contributed by atoms with Crippen LogP contribution in [-0.4, -0.2) is 36.6 Å². The lowest BCUT2D eigenvalue weighted by Crippen LogP contribution is -2.48. The molecule has 2 heteroatoms. The molecule has 2 aliphatic heterocycles. The van der Waals surface area contributed by atoms with Crippen LogP contribution < -0.4 is 5.32 Å². The van der Waals surface area contributed by atoms with Crippen LogP contribution in [0.15, 0.2) is 0 Å². The normalized spacial score (nSPS) is 43.2. The molecule has 3 fully saturated rings. The highest BCUT2D eigenvalue weighted by Crippen LogP contribution is 2.35. The van der Waals surface area contributed by atoms with E-state index in [0.717, 1.165) is 23.9 Å². The summed E-state index contributed by atoms with van der Waals surface area (Å²) in [6, 6.07) is 1.83. The smallest absolute Gasteiger partial charge is 0.0139 e. The van der Waals surface area contributed by atoms with Crippen molar-refractivity contribution in [2.24, 2.45) is 11.8 Å². The fraction of sp³-hybridized carbons (Fsp3) is 1.00. The molecule has 0 aromatic heterocycles. The van der Waals surface area contributed by atoms with E-state index in [1.165, 1.54) is 71.0 Å². The highest BCUT2D eigenvalue weighted by molar-refractivity contribution is 4.92. The number of piperidine rings is 1. The summed E-state index contributed by atoms with van der Waals surface area (Å²) in [6.07, 6.45) is 11.7. The monoisotopic (exact) mass is 250 g/mol. The van der Waals surface area contributed by atoms with Crippen molar-refractivity contribution < 1.29 is 0 Å². The first-order valence-electron chi connectivity index (χ1n) is 8.31. The molecule has 0 aromatic carbocycles. The second kappa shape index (κ2) is 5.92. The van der Waals surface area contributed by atoms with Crippen LogP contribution in [0, 0.1) is 11.8 Å². The largest absolute Gasteiger partial charge is 0.316 e. The molecule has 1 saturated carbocycles. The van der Waals surface area contributed by atoms with Gasteiger partial charge in [0.25, 0.3) is 0 Å². The van der Waals surface area contributed by atoms with Gasteiger partial charge >= 0.3 is 0 Å². The van der Waals surface area contributed by atoms with Gasteiger partial charge in [-0.25, -0.2) is 0 Å². The van der Waals surface area contributed by atoms with Gasteiger partial charge in [-0.15, -0.1) is 0 Å². The highest BCUT2D eigenvalue weighted by atomic mass is 15.2. The SMILES string of the molecule is CC1CCCC(N2CCCC2C2CCCNC2)C1. The third-order valence-corrected chi connectivity index (χ3v) is 5.60. The highest BCUT2D eigenvalue weighted by Gasteiger charge is 2.37. The molecule has 1 aliphatic carbocycles. The minimum absolute atomic E-state index is 0.910. The van der Waals surface area contributed by atoms with Crippen molar-refractivity contribution in [3.8, 4) is 0 Å². The first-order chi connectivity index (χ1) is 8.84. The number of hydrogen-bond acceptors (Lipinski definition) is 2. The van der Waals surface area contributed by atoms with Crippen molar-refractivity contribution >= 4 is 0 Å². The molecule has 2 saturated heterocycles.